The molecule has 0 bridgehead atoms. The third-order valence-electron chi connectivity index (χ3n) is 3.40. The van der Waals surface area contributed by atoms with Gasteiger partial charge in [-0.15, -0.1) is 11.3 Å². The Kier molecular flexibility index (Phi) is 5.96. The van der Waals surface area contributed by atoms with Crippen molar-refractivity contribution in [3.8, 4) is 0 Å². The molecule has 1 aromatic heterocycles. The standard InChI is InChI=1S/C17H20ClN3O2S/c1-9(2)15-11(4)24-14(21-15)8-19-16(22)17(23)20-13-7-10(3)5-6-12(13)18/h5-7,9H,8H2,1-4H3,(H,19,22)(H,20,23). The fourth-order valence-electron chi connectivity index (χ4n) is 2.23. The molecule has 0 aliphatic carbocycles. The van der Waals surface area contributed by atoms with E-state index < -0.39 is 11.8 Å². The number of aryl methyl sites for hydroxylation is 2. The number of rotatable bonds is 4. The number of thiazole rings is 1. The van der Waals surface area contributed by atoms with Crippen LogP contribution in [0.3, 0.4) is 0 Å². The second-order valence-corrected chi connectivity index (χ2v) is 7.52. The second kappa shape index (κ2) is 7.77. The number of nitrogens with one attached hydrogen (secondary N) is 2. The Morgan fingerprint density at radius 1 is 1.25 bits per heavy atom. The van der Waals surface area contributed by atoms with Gasteiger partial charge in [-0.1, -0.05) is 31.5 Å². The molecule has 0 aliphatic heterocycles. The van der Waals surface area contributed by atoms with Crippen molar-refractivity contribution in [3.05, 3.63) is 44.4 Å². The topological polar surface area (TPSA) is 71.1 Å². The van der Waals surface area contributed by atoms with E-state index in [-0.39, 0.29) is 6.54 Å². The van der Waals surface area contributed by atoms with Crippen molar-refractivity contribution in [2.45, 2.75) is 40.2 Å². The highest BCUT2D eigenvalue weighted by molar-refractivity contribution is 7.11. The number of aromatic nitrogens is 1. The summed E-state index contributed by atoms with van der Waals surface area (Å²) >= 11 is 7.54. The van der Waals surface area contributed by atoms with Gasteiger partial charge in [0, 0.05) is 4.88 Å². The van der Waals surface area contributed by atoms with Crippen molar-refractivity contribution in [2.75, 3.05) is 5.32 Å². The van der Waals surface area contributed by atoms with Gasteiger partial charge in [-0.3, -0.25) is 9.59 Å². The van der Waals surface area contributed by atoms with E-state index in [1.54, 1.807) is 12.1 Å². The minimum Gasteiger partial charge on any atom is -0.341 e. The third-order valence-corrected chi connectivity index (χ3v) is 4.72. The number of nitrogens with zero attached hydrogens (tertiary/aromatic N) is 1. The molecule has 1 aromatic carbocycles. The van der Waals surface area contributed by atoms with Crippen LogP contribution in [-0.2, 0) is 16.1 Å². The number of halogens is 1. The van der Waals surface area contributed by atoms with Gasteiger partial charge in [0.1, 0.15) is 5.01 Å². The second-order valence-electron chi connectivity index (χ2n) is 5.82. The Morgan fingerprint density at radius 2 is 1.96 bits per heavy atom. The van der Waals surface area contributed by atoms with E-state index in [0.29, 0.717) is 16.6 Å². The molecule has 128 valence electrons. The summed E-state index contributed by atoms with van der Waals surface area (Å²) in [6.45, 7) is 8.26. The normalized spacial score (nSPS) is 10.8. The van der Waals surface area contributed by atoms with Crippen molar-refractivity contribution in [1.82, 2.24) is 10.3 Å². The maximum absolute atomic E-state index is 12.0. The summed E-state index contributed by atoms with van der Waals surface area (Å²) in [6, 6.07) is 5.22. The van der Waals surface area contributed by atoms with Crippen molar-refractivity contribution < 1.29 is 9.59 Å². The van der Waals surface area contributed by atoms with Crippen LogP contribution in [0.1, 0.15) is 40.9 Å². The molecular weight excluding hydrogens is 346 g/mol. The minimum absolute atomic E-state index is 0.228. The summed E-state index contributed by atoms with van der Waals surface area (Å²) in [4.78, 5) is 29.6. The molecule has 2 aromatic rings. The van der Waals surface area contributed by atoms with E-state index in [2.05, 4.69) is 29.5 Å². The first-order chi connectivity index (χ1) is 11.3. The molecule has 7 heteroatoms. The molecule has 0 fully saturated rings. The van der Waals surface area contributed by atoms with Crippen LogP contribution in [0.2, 0.25) is 5.02 Å². The van der Waals surface area contributed by atoms with Crippen LogP contribution < -0.4 is 10.6 Å². The number of carbonyl (C=O) groups is 2. The number of carbonyl (C=O) groups excluding carboxylic acids is 2. The predicted molar refractivity (Wildman–Crippen MR) is 97.6 cm³/mol. The number of amides is 2. The molecule has 5 nitrogen and oxygen atoms in total. The van der Waals surface area contributed by atoms with Crippen molar-refractivity contribution in [3.63, 3.8) is 0 Å². The Balaban J connectivity index is 1.96. The number of anilines is 1. The summed E-state index contributed by atoms with van der Waals surface area (Å²) in [5.41, 5.74) is 2.39. The fourth-order valence-corrected chi connectivity index (χ4v) is 3.42. The van der Waals surface area contributed by atoms with Gasteiger partial charge in [-0.25, -0.2) is 4.98 Å². The van der Waals surface area contributed by atoms with Crippen molar-refractivity contribution in [2.24, 2.45) is 0 Å². The lowest BCUT2D eigenvalue weighted by Crippen LogP contribution is -2.35. The summed E-state index contributed by atoms with van der Waals surface area (Å²) in [5.74, 6) is -1.14. The summed E-state index contributed by atoms with van der Waals surface area (Å²) in [6.07, 6.45) is 0. The van der Waals surface area contributed by atoms with Gasteiger partial charge in [-0.2, -0.15) is 0 Å². The SMILES string of the molecule is Cc1ccc(Cl)c(NC(=O)C(=O)NCc2nc(C(C)C)c(C)s2)c1. The van der Waals surface area contributed by atoms with Gasteiger partial charge < -0.3 is 10.6 Å². The molecule has 2 N–H and O–H groups in total. The lowest BCUT2D eigenvalue weighted by molar-refractivity contribution is -0.136. The average Bonchev–Trinajstić information content (AvgIpc) is 2.89. The minimum atomic E-state index is -0.750. The van der Waals surface area contributed by atoms with Gasteiger partial charge in [0.05, 0.1) is 22.9 Å². The van der Waals surface area contributed by atoms with E-state index >= 15 is 0 Å². The lowest BCUT2D eigenvalue weighted by atomic mass is 10.1. The fraction of sp³-hybridized carbons (Fsp3) is 0.353. The summed E-state index contributed by atoms with van der Waals surface area (Å²) < 4.78 is 0. The molecule has 2 rings (SSSR count). The van der Waals surface area contributed by atoms with Crippen LogP contribution >= 0.6 is 22.9 Å². The van der Waals surface area contributed by atoms with Crippen LogP contribution in [-0.4, -0.2) is 16.8 Å². The Morgan fingerprint density at radius 3 is 2.58 bits per heavy atom. The molecule has 2 amide bonds. The molecule has 1 heterocycles. The first kappa shape index (κ1) is 18.4. The maximum atomic E-state index is 12.0. The van der Waals surface area contributed by atoms with Gasteiger partial charge in [0.25, 0.3) is 0 Å². The smallest absolute Gasteiger partial charge is 0.313 e. The Labute approximate surface area is 150 Å². The first-order valence-electron chi connectivity index (χ1n) is 7.59. The molecule has 24 heavy (non-hydrogen) atoms. The molecular formula is C17H20ClN3O2S. The third kappa shape index (κ3) is 4.55. The summed E-state index contributed by atoms with van der Waals surface area (Å²) in [7, 11) is 0. The monoisotopic (exact) mass is 365 g/mol. The quantitative estimate of drug-likeness (QED) is 0.810. The lowest BCUT2D eigenvalue weighted by Gasteiger charge is -2.08. The number of benzene rings is 1. The molecule has 0 saturated carbocycles. The number of hydrogen-bond donors (Lipinski definition) is 2. The van der Waals surface area contributed by atoms with Crippen LogP contribution in [0.25, 0.3) is 0 Å². The van der Waals surface area contributed by atoms with Crippen molar-refractivity contribution >= 4 is 40.4 Å². The zero-order valence-electron chi connectivity index (χ0n) is 14.1. The Hall–Kier alpha value is -1.92. The van der Waals surface area contributed by atoms with Gasteiger partial charge in [0.15, 0.2) is 0 Å². The van der Waals surface area contributed by atoms with E-state index in [9.17, 15) is 9.59 Å². The van der Waals surface area contributed by atoms with Crippen molar-refractivity contribution in [1.29, 1.82) is 0 Å². The predicted octanol–water partition coefficient (Wildman–Crippen LogP) is 3.79. The molecule has 0 radical (unpaired) electrons. The number of hydrogen-bond acceptors (Lipinski definition) is 4. The van der Waals surface area contributed by atoms with E-state index in [0.717, 1.165) is 21.1 Å². The van der Waals surface area contributed by atoms with E-state index in [1.165, 1.54) is 11.3 Å². The first-order valence-corrected chi connectivity index (χ1v) is 8.79. The van der Waals surface area contributed by atoms with E-state index in [4.69, 9.17) is 11.6 Å². The maximum Gasteiger partial charge on any atom is 0.313 e. The largest absolute Gasteiger partial charge is 0.341 e. The highest BCUT2D eigenvalue weighted by atomic mass is 35.5. The van der Waals surface area contributed by atoms with Gasteiger partial charge in [-0.05, 0) is 37.5 Å². The highest BCUT2D eigenvalue weighted by Crippen LogP contribution is 2.24. The molecule has 0 spiro atoms. The molecule has 0 saturated heterocycles. The van der Waals surface area contributed by atoms with Crippen LogP contribution in [0.4, 0.5) is 5.69 Å². The summed E-state index contributed by atoms with van der Waals surface area (Å²) in [5, 5.41) is 6.28. The average molecular weight is 366 g/mol. The molecule has 0 unspecified atom stereocenters. The van der Waals surface area contributed by atoms with Crippen LogP contribution in [0.15, 0.2) is 18.2 Å². The van der Waals surface area contributed by atoms with Crippen LogP contribution in [0.5, 0.6) is 0 Å². The van der Waals surface area contributed by atoms with Crippen LogP contribution in [0, 0.1) is 13.8 Å². The highest BCUT2D eigenvalue weighted by Gasteiger charge is 2.17. The zero-order valence-corrected chi connectivity index (χ0v) is 15.6. The Bertz CT molecular complexity index is 771. The van der Waals surface area contributed by atoms with Gasteiger partial charge >= 0.3 is 11.8 Å². The zero-order chi connectivity index (χ0) is 17.9. The van der Waals surface area contributed by atoms with E-state index in [1.807, 2.05) is 19.9 Å². The van der Waals surface area contributed by atoms with Gasteiger partial charge in [0.2, 0.25) is 0 Å². The molecule has 0 atom stereocenters. The molecule has 0 aliphatic rings.